The maximum absolute atomic E-state index is 4.89. The van der Waals surface area contributed by atoms with Gasteiger partial charge in [0.2, 0.25) is 0 Å². The molecule has 1 aliphatic rings. The summed E-state index contributed by atoms with van der Waals surface area (Å²) in [5.41, 5.74) is 13.4. The van der Waals surface area contributed by atoms with Crippen molar-refractivity contribution in [2.75, 3.05) is 0 Å². The van der Waals surface area contributed by atoms with Crippen molar-refractivity contribution in [2.24, 2.45) is 0 Å². The highest BCUT2D eigenvalue weighted by molar-refractivity contribution is 6.22. The summed E-state index contributed by atoms with van der Waals surface area (Å²) in [6.07, 6.45) is 4.16. The minimum Gasteiger partial charge on any atom is -0.306 e. The summed E-state index contributed by atoms with van der Waals surface area (Å²) in [5.74, 6) is 0. The van der Waals surface area contributed by atoms with Crippen LogP contribution in [0.3, 0.4) is 0 Å². The monoisotopic (exact) mass is 612 g/mol. The fourth-order valence-electron chi connectivity index (χ4n) is 8.22. The quantitative estimate of drug-likeness (QED) is 0.181. The number of rotatable bonds is 3. The molecule has 7 aromatic carbocycles. The standard InChI is InChI=1S/C46H32N2/c1-46(2)40-16-8-7-13-34(40)37-26-38-39(27-41(37)46)44(31-21-19-30(20-22-31)42-28-48-24-10-9-17-43(48)47-42)35-14-5-6-15-36(35)45(38)33-23-18-29-11-3-4-12-32(29)25-33/h3-28H,1-2H3. The number of hydrogen-bond acceptors (Lipinski definition) is 1. The van der Waals surface area contributed by atoms with Crippen molar-refractivity contribution in [3.8, 4) is 44.6 Å². The zero-order valence-corrected chi connectivity index (χ0v) is 26.9. The molecule has 0 aliphatic heterocycles. The van der Waals surface area contributed by atoms with Gasteiger partial charge in [0.1, 0.15) is 5.65 Å². The van der Waals surface area contributed by atoms with E-state index in [1.54, 1.807) is 0 Å². The molecular weight excluding hydrogens is 581 g/mol. The van der Waals surface area contributed by atoms with Gasteiger partial charge in [-0.05, 0) is 107 Å². The summed E-state index contributed by atoms with van der Waals surface area (Å²) in [6.45, 7) is 4.75. The van der Waals surface area contributed by atoms with Crippen LogP contribution in [0.15, 0.2) is 158 Å². The Kier molecular flexibility index (Phi) is 5.66. The van der Waals surface area contributed by atoms with Crippen LogP contribution >= 0.6 is 0 Å². The molecular formula is C46H32N2. The third-order valence-corrected chi connectivity index (χ3v) is 10.6. The molecule has 10 rings (SSSR count). The second-order valence-electron chi connectivity index (χ2n) is 13.6. The van der Waals surface area contributed by atoms with Crippen molar-refractivity contribution < 1.29 is 0 Å². The van der Waals surface area contributed by atoms with E-state index in [1.807, 2.05) is 24.4 Å². The average molecular weight is 613 g/mol. The molecule has 0 amide bonds. The largest absolute Gasteiger partial charge is 0.306 e. The van der Waals surface area contributed by atoms with Crippen LogP contribution in [0.4, 0.5) is 0 Å². The van der Waals surface area contributed by atoms with E-state index >= 15 is 0 Å². The molecule has 0 radical (unpaired) electrons. The Hall–Kier alpha value is -5.99. The van der Waals surface area contributed by atoms with E-state index in [0.29, 0.717) is 0 Å². The van der Waals surface area contributed by atoms with E-state index in [-0.39, 0.29) is 5.41 Å². The minimum atomic E-state index is -0.0981. The van der Waals surface area contributed by atoms with E-state index in [9.17, 15) is 0 Å². The van der Waals surface area contributed by atoms with Gasteiger partial charge >= 0.3 is 0 Å². The highest BCUT2D eigenvalue weighted by atomic mass is 15.0. The van der Waals surface area contributed by atoms with Gasteiger partial charge < -0.3 is 4.40 Å². The van der Waals surface area contributed by atoms with Crippen molar-refractivity contribution in [3.05, 3.63) is 169 Å². The van der Waals surface area contributed by atoms with E-state index in [0.717, 1.165) is 16.9 Å². The highest BCUT2D eigenvalue weighted by Gasteiger charge is 2.36. The molecule has 0 spiro atoms. The van der Waals surface area contributed by atoms with Gasteiger partial charge in [-0.25, -0.2) is 4.98 Å². The molecule has 0 unspecified atom stereocenters. The van der Waals surface area contributed by atoms with Gasteiger partial charge in [0.15, 0.2) is 0 Å². The molecule has 2 nitrogen and oxygen atoms in total. The molecule has 0 bridgehead atoms. The Labute approximate surface area is 279 Å². The van der Waals surface area contributed by atoms with Crippen molar-refractivity contribution in [1.29, 1.82) is 0 Å². The van der Waals surface area contributed by atoms with Gasteiger partial charge in [0, 0.05) is 23.4 Å². The van der Waals surface area contributed by atoms with Crippen molar-refractivity contribution in [3.63, 3.8) is 0 Å². The lowest BCUT2D eigenvalue weighted by atomic mass is 9.79. The molecule has 0 N–H and O–H groups in total. The van der Waals surface area contributed by atoms with Crippen LogP contribution in [0.2, 0.25) is 0 Å². The lowest BCUT2D eigenvalue weighted by molar-refractivity contribution is 0.661. The molecule has 226 valence electrons. The zero-order chi connectivity index (χ0) is 32.0. The molecule has 2 heteroatoms. The number of aromatic nitrogens is 2. The molecule has 9 aromatic rings. The second-order valence-corrected chi connectivity index (χ2v) is 13.6. The second kappa shape index (κ2) is 10.0. The predicted molar refractivity (Wildman–Crippen MR) is 202 cm³/mol. The molecule has 0 saturated carbocycles. The molecule has 0 saturated heterocycles. The van der Waals surface area contributed by atoms with Gasteiger partial charge in [0.25, 0.3) is 0 Å². The first kappa shape index (κ1) is 27.2. The summed E-state index contributed by atoms with van der Waals surface area (Å²) in [7, 11) is 0. The predicted octanol–water partition coefficient (Wildman–Crippen LogP) is 12.1. The Morgan fingerprint density at radius 1 is 0.479 bits per heavy atom. The fraction of sp³-hybridized carbons (Fsp3) is 0.0652. The molecule has 48 heavy (non-hydrogen) atoms. The summed E-state index contributed by atoms with van der Waals surface area (Å²) < 4.78 is 2.08. The van der Waals surface area contributed by atoms with Crippen molar-refractivity contribution >= 4 is 38.0 Å². The SMILES string of the molecule is CC1(C)c2ccccc2-c2cc3c(-c4ccc5ccccc5c4)c4ccccc4c(-c4ccc(-c5cn6ccccc6n5)cc4)c3cc21. The van der Waals surface area contributed by atoms with Crippen LogP contribution < -0.4 is 0 Å². The average Bonchev–Trinajstić information content (AvgIpc) is 3.66. The first-order chi connectivity index (χ1) is 23.5. The van der Waals surface area contributed by atoms with Crippen LogP contribution in [-0.4, -0.2) is 9.38 Å². The van der Waals surface area contributed by atoms with E-state index in [4.69, 9.17) is 4.98 Å². The van der Waals surface area contributed by atoms with Gasteiger partial charge in [0.05, 0.1) is 5.69 Å². The third kappa shape index (κ3) is 3.90. The molecule has 1 aliphatic carbocycles. The van der Waals surface area contributed by atoms with E-state index in [1.165, 1.54) is 76.8 Å². The Balaban J connectivity index is 1.28. The Morgan fingerprint density at radius 2 is 1.12 bits per heavy atom. The first-order valence-electron chi connectivity index (χ1n) is 16.7. The summed E-state index contributed by atoms with van der Waals surface area (Å²) in [6, 6.07) is 53.6. The number of pyridine rings is 1. The lowest BCUT2D eigenvalue weighted by Gasteiger charge is -2.24. The van der Waals surface area contributed by atoms with E-state index in [2.05, 4.69) is 152 Å². The minimum absolute atomic E-state index is 0.0981. The molecule has 2 aromatic heterocycles. The number of imidazole rings is 1. The summed E-state index contributed by atoms with van der Waals surface area (Å²) >= 11 is 0. The zero-order valence-electron chi connectivity index (χ0n) is 26.9. The Morgan fingerprint density at radius 3 is 1.94 bits per heavy atom. The number of hydrogen-bond donors (Lipinski definition) is 0. The first-order valence-corrected chi connectivity index (χ1v) is 16.7. The van der Waals surface area contributed by atoms with Gasteiger partial charge in [-0.2, -0.15) is 0 Å². The van der Waals surface area contributed by atoms with Gasteiger partial charge in [-0.15, -0.1) is 0 Å². The smallest absolute Gasteiger partial charge is 0.137 e. The molecule has 2 heterocycles. The fourth-order valence-corrected chi connectivity index (χ4v) is 8.22. The number of benzene rings is 7. The Bertz CT molecular complexity index is 2710. The lowest BCUT2D eigenvalue weighted by Crippen LogP contribution is -2.14. The van der Waals surface area contributed by atoms with Crippen molar-refractivity contribution in [2.45, 2.75) is 19.3 Å². The number of fused-ring (bicyclic) bond motifs is 7. The molecule has 0 atom stereocenters. The maximum atomic E-state index is 4.89. The van der Waals surface area contributed by atoms with Crippen molar-refractivity contribution in [1.82, 2.24) is 9.38 Å². The topological polar surface area (TPSA) is 17.3 Å². The van der Waals surface area contributed by atoms with Crippen LogP contribution in [0.5, 0.6) is 0 Å². The highest BCUT2D eigenvalue weighted by Crippen LogP contribution is 2.53. The van der Waals surface area contributed by atoms with Gasteiger partial charge in [-0.1, -0.05) is 129 Å². The van der Waals surface area contributed by atoms with Gasteiger partial charge in [-0.3, -0.25) is 0 Å². The molecule has 0 fully saturated rings. The third-order valence-electron chi connectivity index (χ3n) is 10.6. The van der Waals surface area contributed by atoms with E-state index < -0.39 is 0 Å². The van der Waals surface area contributed by atoms with Crippen LogP contribution in [-0.2, 0) is 5.41 Å². The van der Waals surface area contributed by atoms with Crippen LogP contribution in [0.1, 0.15) is 25.0 Å². The maximum Gasteiger partial charge on any atom is 0.137 e. The van der Waals surface area contributed by atoms with Crippen LogP contribution in [0, 0.1) is 0 Å². The van der Waals surface area contributed by atoms with Crippen LogP contribution in [0.25, 0.3) is 82.6 Å². The number of nitrogens with zero attached hydrogens (tertiary/aromatic N) is 2. The normalized spacial score (nSPS) is 13.4. The summed E-state index contributed by atoms with van der Waals surface area (Å²) in [5, 5.41) is 7.62. The summed E-state index contributed by atoms with van der Waals surface area (Å²) in [4.78, 5) is 4.89.